The Bertz CT molecular complexity index is 98.5. The number of aliphatic hydroxyl groups excluding tert-OH is 1. The SMILES string of the molecule is CC(C)N(CCO)CCCCCl. The largest absolute Gasteiger partial charge is 0.395 e. The molecule has 0 aromatic carbocycles. The molecule has 0 saturated carbocycles. The van der Waals surface area contributed by atoms with Crippen molar-refractivity contribution in [2.45, 2.75) is 32.7 Å². The van der Waals surface area contributed by atoms with Gasteiger partial charge in [0.25, 0.3) is 0 Å². The number of aliphatic hydroxyl groups is 1. The van der Waals surface area contributed by atoms with Crippen molar-refractivity contribution in [1.82, 2.24) is 4.90 Å². The standard InChI is InChI=1S/C9H20ClNO/c1-9(2)11(7-8-12)6-4-3-5-10/h9,12H,3-8H2,1-2H3. The van der Waals surface area contributed by atoms with Crippen LogP contribution in [0.4, 0.5) is 0 Å². The van der Waals surface area contributed by atoms with E-state index in [0.29, 0.717) is 6.04 Å². The molecular formula is C9H20ClNO. The minimum atomic E-state index is 0.249. The van der Waals surface area contributed by atoms with Gasteiger partial charge in [0.05, 0.1) is 6.61 Å². The molecular weight excluding hydrogens is 174 g/mol. The van der Waals surface area contributed by atoms with Crippen molar-refractivity contribution >= 4 is 11.6 Å². The number of hydrogen-bond acceptors (Lipinski definition) is 2. The Balaban J connectivity index is 3.49. The van der Waals surface area contributed by atoms with Crippen LogP contribution in [0.1, 0.15) is 26.7 Å². The van der Waals surface area contributed by atoms with Gasteiger partial charge in [0, 0.05) is 18.5 Å². The third-order valence-corrected chi connectivity index (χ3v) is 2.21. The van der Waals surface area contributed by atoms with E-state index < -0.39 is 0 Å². The molecule has 0 amide bonds. The highest BCUT2D eigenvalue weighted by atomic mass is 35.5. The Morgan fingerprint density at radius 3 is 2.33 bits per heavy atom. The van der Waals surface area contributed by atoms with Crippen LogP contribution in [0.25, 0.3) is 0 Å². The van der Waals surface area contributed by atoms with Gasteiger partial charge in [0.1, 0.15) is 0 Å². The average molecular weight is 194 g/mol. The summed E-state index contributed by atoms with van der Waals surface area (Å²) in [5.41, 5.74) is 0. The maximum Gasteiger partial charge on any atom is 0.0558 e. The highest BCUT2D eigenvalue weighted by Crippen LogP contribution is 2.01. The van der Waals surface area contributed by atoms with Crippen molar-refractivity contribution in [1.29, 1.82) is 0 Å². The Hall–Kier alpha value is 0.210. The summed E-state index contributed by atoms with van der Waals surface area (Å²) < 4.78 is 0. The van der Waals surface area contributed by atoms with Crippen LogP contribution in [-0.2, 0) is 0 Å². The van der Waals surface area contributed by atoms with Crippen LogP contribution in [0.15, 0.2) is 0 Å². The zero-order valence-corrected chi connectivity index (χ0v) is 8.85. The Morgan fingerprint density at radius 1 is 1.25 bits per heavy atom. The van der Waals surface area contributed by atoms with Gasteiger partial charge in [-0.2, -0.15) is 0 Å². The van der Waals surface area contributed by atoms with Gasteiger partial charge in [-0.1, -0.05) is 0 Å². The van der Waals surface area contributed by atoms with Crippen LogP contribution >= 0.6 is 11.6 Å². The number of nitrogens with zero attached hydrogens (tertiary/aromatic N) is 1. The van der Waals surface area contributed by atoms with Crippen molar-refractivity contribution in [2.75, 3.05) is 25.6 Å². The molecule has 0 radical (unpaired) electrons. The molecule has 1 N–H and O–H groups in total. The fourth-order valence-electron chi connectivity index (χ4n) is 1.17. The predicted octanol–water partition coefficient (Wildman–Crippen LogP) is 1.71. The lowest BCUT2D eigenvalue weighted by Gasteiger charge is -2.25. The molecule has 0 heterocycles. The van der Waals surface area contributed by atoms with Crippen LogP contribution in [0, 0.1) is 0 Å². The van der Waals surface area contributed by atoms with Gasteiger partial charge in [-0.05, 0) is 33.2 Å². The third kappa shape index (κ3) is 5.81. The average Bonchev–Trinajstić information content (AvgIpc) is 2.03. The third-order valence-electron chi connectivity index (χ3n) is 1.95. The molecule has 0 aromatic rings. The molecule has 74 valence electrons. The van der Waals surface area contributed by atoms with E-state index in [4.69, 9.17) is 16.7 Å². The zero-order valence-electron chi connectivity index (χ0n) is 8.09. The number of rotatable bonds is 7. The van der Waals surface area contributed by atoms with Crippen LogP contribution in [0.3, 0.4) is 0 Å². The highest BCUT2D eigenvalue weighted by Gasteiger charge is 2.06. The number of hydrogen-bond donors (Lipinski definition) is 1. The van der Waals surface area contributed by atoms with E-state index in [1.54, 1.807) is 0 Å². The fourth-order valence-corrected chi connectivity index (χ4v) is 1.36. The first-order valence-electron chi connectivity index (χ1n) is 4.63. The highest BCUT2D eigenvalue weighted by molar-refractivity contribution is 6.17. The molecule has 2 nitrogen and oxygen atoms in total. The van der Waals surface area contributed by atoms with Crippen molar-refractivity contribution in [3.05, 3.63) is 0 Å². The lowest BCUT2D eigenvalue weighted by Crippen LogP contribution is -2.34. The summed E-state index contributed by atoms with van der Waals surface area (Å²) in [6, 6.07) is 0.521. The molecule has 0 aromatic heterocycles. The summed E-state index contributed by atoms with van der Waals surface area (Å²) in [5.74, 6) is 0.741. The Labute approximate surface area is 80.5 Å². The summed E-state index contributed by atoms with van der Waals surface area (Å²) >= 11 is 5.57. The van der Waals surface area contributed by atoms with E-state index in [-0.39, 0.29) is 6.61 Å². The summed E-state index contributed by atoms with van der Waals surface area (Å²) in [4.78, 5) is 2.27. The van der Waals surface area contributed by atoms with Crippen molar-refractivity contribution in [3.8, 4) is 0 Å². The quantitative estimate of drug-likeness (QED) is 0.492. The molecule has 0 aliphatic carbocycles. The van der Waals surface area contributed by atoms with Gasteiger partial charge < -0.3 is 5.11 Å². The lowest BCUT2D eigenvalue weighted by molar-refractivity contribution is 0.164. The number of unbranched alkanes of at least 4 members (excludes halogenated alkanes) is 1. The molecule has 0 rings (SSSR count). The first-order chi connectivity index (χ1) is 5.72. The van der Waals surface area contributed by atoms with Gasteiger partial charge in [0.15, 0.2) is 0 Å². The molecule has 0 atom stereocenters. The Kier molecular flexibility index (Phi) is 7.98. The molecule has 0 aliphatic heterocycles. The number of alkyl halides is 1. The van der Waals surface area contributed by atoms with E-state index in [9.17, 15) is 0 Å². The second kappa shape index (κ2) is 7.84. The molecule has 0 fully saturated rings. The minimum absolute atomic E-state index is 0.249. The maximum atomic E-state index is 8.77. The topological polar surface area (TPSA) is 23.5 Å². The molecule has 0 bridgehead atoms. The summed E-state index contributed by atoms with van der Waals surface area (Å²) in [7, 11) is 0. The summed E-state index contributed by atoms with van der Waals surface area (Å²) in [6.07, 6.45) is 2.19. The van der Waals surface area contributed by atoms with Gasteiger partial charge in [0.2, 0.25) is 0 Å². The predicted molar refractivity (Wildman–Crippen MR) is 53.7 cm³/mol. The molecule has 0 aliphatic rings. The van der Waals surface area contributed by atoms with Crippen LogP contribution < -0.4 is 0 Å². The van der Waals surface area contributed by atoms with Gasteiger partial charge in [-0.25, -0.2) is 0 Å². The molecule has 0 spiro atoms. The first kappa shape index (κ1) is 12.2. The van der Waals surface area contributed by atoms with E-state index >= 15 is 0 Å². The smallest absolute Gasteiger partial charge is 0.0558 e. The van der Waals surface area contributed by atoms with E-state index in [1.165, 1.54) is 0 Å². The Morgan fingerprint density at radius 2 is 1.92 bits per heavy atom. The maximum absolute atomic E-state index is 8.77. The molecule has 3 heteroatoms. The van der Waals surface area contributed by atoms with Gasteiger partial charge in [-0.15, -0.1) is 11.6 Å². The van der Waals surface area contributed by atoms with Crippen molar-refractivity contribution in [2.24, 2.45) is 0 Å². The zero-order chi connectivity index (χ0) is 9.40. The first-order valence-corrected chi connectivity index (χ1v) is 5.16. The second-order valence-corrected chi connectivity index (χ2v) is 3.63. The normalized spacial score (nSPS) is 11.5. The van der Waals surface area contributed by atoms with E-state index in [2.05, 4.69) is 18.7 Å². The molecule has 0 saturated heterocycles. The van der Waals surface area contributed by atoms with Crippen LogP contribution in [-0.4, -0.2) is 41.6 Å². The van der Waals surface area contributed by atoms with Gasteiger partial charge >= 0.3 is 0 Å². The molecule has 0 unspecified atom stereocenters. The van der Waals surface area contributed by atoms with Crippen LogP contribution in [0.5, 0.6) is 0 Å². The molecule has 12 heavy (non-hydrogen) atoms. The fraction of sp³-hybridized carbons (Fsp3) is 1.00. The summed E-state index contributed by atoms with van der Waals surface area (Å²) in [5, 5.41) is 8.77. The number of halogens is 1. The van der Waals surface area contributed by atoms with Crippen molar-refractivity contribution in [3.63, 3.8) is 0 Å². The lowest BCUT2D eigenvalue weighted by atomic mass is 10.2. The summed E-state index contributed by atoms with van der Waals surface area (Å²) in [6.45, 7) is 6.37. The second-order valence-electron chi connectivity index (χ2n) is 3.25. The van der Waals surface area contributed by atoms with Gasteiger partial charge in [-0.3, -0.25) is 4.90 Å². The van der Waals surface area contributed by atoms with E-state index in [1.807, 2.05) is 0 Å². The monoisotopic (exact) mass is 193 g/mol. The van der Waals surface area contributed by atoms with Crippen molar-refractivity contribution < 1.29 is 5.11 Å². The minimum Gasteiger partial charge on any atom is -0.395 e. The van der Waals surface area contributed by atoms with E-state index in [0.717, 1.165) is 31.8 Å². The van der Waals surface area contributed by atoms with Crippen LogP contribution in [0.2, 0.25) is 0 Å².